The molecule has 0 unspecified atom stereocenters. The maximum atomic E-state index is 14.4. The third kappa shape index (κ3) is 10.7. The lowest BCUT2D eigenvalue weighted by Gasteiger charge is -2.35. The highest BCUT2D eigenvalue weighted by molar-refractivity contribution is 7.89. The van der Waals surface area contributed by atoms with E-state index in [-0.39, 0.29) is 53.4 Å². The fraction of sp³-hybridized carbons (Fsp3) is 0.459. The van der Waals surface area contributed by atoms with Gasteiger partial charge in [-0.05, 0) is 94.6 Å². The maximum absolute atomic E-state index is 14.4. The molecule has 0 aliphatic carbocycles. The Morgan fingerprint density at radius 1 is 1.02 bits per heavy atom. The Morgan fingerprint density at radius 2 is 1.65 bits per heavy atom. The summed E-state index contributed by atoms with van der Waals surface area (Å²) in [6.07, 6.45) is -3.38. The lowest BCUT2D eigenvalue weighted by Crippen LogP contribution is -2.48. The Morgan fingerprint density at radius 3 is 2.29 bits per heavy atom. The van der Waals surface area contributed by atoms with E-state index >= 15 is 0 Å². The zero-order valence-electron chi connectivity index (χ0n) is 29.9. The molecular formula is C37H47F3N4O7S. The summed E-state index contributed by atoms with van der Waals surface area (Å²) >= 11 is 0. The average molecular weight is 749 g/mol. The van der Waals surface area contributed by atoms with Gasteiger partial charge in [-0.3, -0.25) is 4.79 Å². The van der Waals surface area contributed by atoms with E-state index in [1.165, 1.54) is 22.3 Å². The number of aliphatic hydroxyl groups excluding tert-OH is 1. The van der Waals surface area contributed by atoms with Crippen LogP contribution < -0.4 is 15.4 Å². The predicted octanol–water partition coefficient (Wildman–Crippen LogP) is 6.77. The number of anilines is 2. The fourth-order valence-corrected chi connectivity index (χ4v) is 6.92. The second-order valence-corrected chi connectivity index (χ2v) is 15.3. The molecule has 11 nitrogen and oxygen atoms in total. The summed E-state index contributed by atoms with van der Waals surface area (Å²) in [6.45, 7) is 7.38. The van der Waals surface area contributed by atoms with Crippen LogP contribution in [0.3, 0.4) is 0 Å². The largest absolute Gasteiger partial charge is 0.490 e. The van der Waals surface area contributed by atoms with Crippen molar-refractivity contribution in [2.75, 3.05) is 44.0 Å². The van der Waals surface area contributed by atoms with Crippen LogP contribution in [-0.4, -0.2) is 86.3 Å². The molecule has 0 saturated heterocycles. The summed E-state index contributed by atoms with van der Waals surface area (Å²) in [6, 6.07) is 13.7. The van der Waals surface area contributed by atoms with Crippen LogP contribution in [0.5, 0.6) is 5.75 Å². The minimum atomic E-state index is -4.52. The number of hydrogen-bond donors (Lipinski definition) is 3. The number of nitrogens with one attached hydrogen (secondary N) is 2. The number of carbonyl (C=O) groups excluding carboxylic acids is 2. The van der Waals surface area contributed by atoms with Gasteiger partial charge in [0.2, 0.25) is 10.0 Å². The van der Waals surface area contributed by atoms with Gasteiger partial charge in [0.15, 0.2) is 0 Å². The average Bonchev–Trinajstić information content (AvgIpc) is 3.09. The smallest absolute Gasteiger partial charge is 0.416 e. The molecule has 3 aromatic rings. The summed E-state index contributed by atoms with van der Waals surface area (Å²) in [5.74, 6) is -0.628. The van der Waals surface area contributed by atoms with Crippen molar-refractivity contribution in [3.8, 4) is 5.75 Å². The molecule has 4 atom stereocenters. The minimum Gasteiger partial charge on any atom is -0.490 e. The summed E-state index contributed by atoms with van der Waals surface area (Å²) in [4.78, 5) is 28.8. The van der Waals surface area contributed by atoms with Gasteiger partial charge in [-0.25, -0.2) is 13.2 Å². The van der Waals surface area contributed by atoms with Gasteiger partial charge in [-0.1, -0.05) is 24.6 Å². The van der Waals surface area contributed by atoms with E-state index in [1.54, 1.807) is 43.3 Å². The first-order valence-electron chi connectivity index (χ1n) is 17.1. The number of hydrogen-bond acceptors (Lipinski definition) is 7. The van der Waals surface area contributed by atoms with Crippen LogP contribution in [0.25, 0.3) is 0 Å². The fourth-order valence-electron chi connectivity index (χ4n) is 5.74. The Labute approximate surface area is 303 Å². The zero-order chi connectivity index (χ0) is 38.2. The van der Waals surface area contributed by atoms with E-state index in [4.69, 9.17) is 9.47 Å². The Hall–Kier alpha value is -4.18. The Balaban J connectivity index is 1.60. The van der Waals surface area contributed by atoms with Gasteiger partial charge in [0.05, 0.1) is 40.9 Å². The number of ether oxygens (including phenoxy) is 2. The number of carbonyl (C=O) groups is 2. The van der Waals surface area contributed by atoms with Crippen LogP contribution in [0.2, 0.25) is 0 Å². The number of rotatable bonds is 8. The summed E-state index contributed by atoms with van der Waals surface area (Å²) < 4.78 is 79.6. The molecule has 3 amide bonds. The first-order chi connectivity index (χ1) is 24.5. The number of urea groups is 1. The molecule has 0 fully saturated rings. The van der Waals surface area contributed by atoms with E-state index in [0.29, 0.717) is 19.4 Å². The van der Waals surface area contributed by atoms with Gasteiger partial charge < -0.3 is 30.1 Å². The van der Waals surface area contributed by atoms with Crippen molar-refractivity contribution in [2.45, 2.75) is 76.3 Å². The highest BCUT2D eigenvalue weighted by Crippen LogP contribution is 2.31. The number of sulfonamides is 1. The molecule has 284 valence electrons. The quantitative estimate of drug-likeness (QED) is 0.231. The number of likely N-dealkylation sites (N-methyl/N-ethyl adjacent to an activating group) is 1. The number of halogens is 3. The number of benzene rings is 3. The molecule has 15 heteroatoms. The Bertz CT molecular complexity index is 1770. The second kappa shape index (κ2) is 17.6. The SMILES string of the molecule is Cc1ccc(S(=O)(=O)N(C)C[C@H]2OCCCC[C@H](C)Oc3ccc(NC(=O)Nc4ccc(C(F)(F)F)cc4)cc3C(=O)N([C@@H](C)CO)C[C@@H]2C)cc1. The predicted molar refractivity (Wildman–Crippen MR) is 192 cm³/mol. The van der Waals surface area contributed by atoms with Crippen molar-refractivity contribution >= 4 is 33.3 Å². The topological polar surface area (TPSA) is 138 Å². The summed E-state index contributed by atoms with van der Waals surface area (Å²) in [5.41, 5.74) is 0.523. The maximum Gasteiger partial charge on any atom is 0.416 e. The van der Waals surface area contributed by atoms with Gasteiger partial charge in [-0.2, -0.15) is 17.5 Å². The van der Waals surface area contributed by atoms with Crippen LogP contribution in [-0.2, 0) is 20.9 Å². The van der Waals surface area contributed by atoms with E-state index in [0.717, 1.165) is 36.2 Å². The zero-order valence-corrected chi connectivity index (χ0v) is 30.8. The van der Waals surface area contributed by atoms with Gasteiger partial charge in [-0.15, -0.1) is 0 Å². The van der Waals surface area contributed by atoms with Crippen LogP contribution in [0.1, 0.15) is 61.5 Å². The van der Waals surface area contributed by atoms with Crippen molar-refractivity contribution in [3.05, 3.63) is 83.4 Å². The summed E-state index contributed by atoms with van der Waals surface area (Å²) in [7, 11) is -2.35. The van der Waals surface area contributed by atoms with E-state index in [2.05, 4.69) is 10.6 Å². The normalized spacial score (nSPS) is 20.0. The number of aryl methyl sites for hydroxylation is 1. The number of amides is 3. The summed E-state index contributed by atoms with van der Waals surface area (Å²) in [5, 5.41) is 15.3. The molecule has 0 radical (unpaired) electrons. The van der Waals surface area contributed by atoms with Crippen molar-refractivity contribution in [1.29, 1.82) is 0 Å². The molecule has 3 N–H and O–H groups in total. The minimum absolute atomic E-state index is 0.0190. The van der Waals surface area contributed by atoms with E-state index in [1.807, 2.05) is 20.8 Å². The third-order valence-corrected chi connectivity index (χ3v) is 10.8. The highest BCUT2D eigenvalue weighted by atomic mass is 32.2. The van der Waals surface area contributed by atoms with Crippen LogP contribution in [0, 0.1) is 12.8 Å². The molecule has 3 aromatic carbocycles. The molecule has 4 rings (SSSR count). The molecular weight excluding hydrogens is 701 g/mol. The highest BCUT2D eigenvalue weighted by Gasteiger charge is 2.33. The van der Waals surface area contributed by atoms with Gasteiger partial charge >= 0.3 is 12.2 Å². The monoisotopic (exact) mass is 748 g/mol. The number of aliphatic hydroxyl groups is 1. The first kappa shape index (κ1) is 40.6. The van der Waals surface area contributed by atoms with Gasteiger partial charge in [0.1, 0.15) is 5.75 Å². The molecule has 1 heterocycles. The number of fused-ring (bicyclic) bond motifs is 1. The lowest BCUT2D eigenvalue weighted by atomic mass is 10.0. The van der Waals surface area contributed by atoms with Crippen LogP contribution >= 0.6 is 0 Å². The second-order valence-electron chi connectivity index (χ2n) is 13.3. The van der Waals surface area contributed by atoms with E-state index in [9.17, 15) is 36.3 Å². The van der Waals surface area contributed by atoms with Crippen molar-refractivity contribution in [3.63, 3.8) is 0 Å². The lowest BCUT2D eigenvalue weighted by molar-refractivity contribution is -0.137. The standard InChI is InChI=1S/C37H47F3N4O7S/c1-24-9-16-31(17-10-24)52(48,49)43(5)22-34-25(2)21-44(26(3)23-45)35(46)32-20-30(15-18-33(32)51-27(4)8-6-7-19-50-34)42-36(47)41-29-13-11-28(12-14-29)37(38,39)40/h9-18,20,25-27,34,45H,6-8,19,21-23H2,1-5H3,(H2,41,42,47)/t25-,26-,27-,34+/m0/s1. The molecule has 1 aliphatic rings. The first-order valence-corrected chi connectivity index (χ1v) is 18.6. The third-order valence-electron chi connectivity index (χ3n) is 8.95. The van der Waals surface area contributed by atoms with E-state index < -0.39 is 51.8 Å². The molecule has 1 aliphatic heterocycles. The van der Waals surface area contributed by atoms with Crippen molar-refractivity contribution in [1.82, 2.24) is 9.21 Å². The Kier molecular flexibility index (Phi) is 13.7. The van der Waals surface area contributed by atoms with Crippen LogP contribution in [0.4, 0.5) is 29.3 Å². The van der Waals surface area contributed by atoms with Crippen molar-refractivity contribution < 1.29 is 45.8 Å². The number of alkyl halides is 3. The molecule has 0 spiro atoms. The molecule has 0 bridgehead atoms. The van der Waals surface area contributed by atoms with Gasteiger partial charge in [0, 0.05) is 44.0 Å². The van der Waals surface area contributed by atoms with Gasteiger partial charge in [0.25, 0.3) is 5.91 Å². The van der Waals surface area contributed by atoms with Crippen LogP contribution in [0.15, 0.2) is 71.6 Å². The van der Waals surface area contributed by atoms with Crippen molar-refractivity contribution in [2.24, 2.45) is 5.92 Å². The molecule has 0 aromatic heterocycles. The number of nitrogens with zero attached hydrogens (tertiary/aromatic N) is 2. The molecule has 52 heavy (non-hydrogen) atoms. The molecule has 0 saturated carbocycles.